The SMILES string of the molecule is C[C@@H]([C@@H]1CCCN1C)n1cc(Cl)c2cnc(-c3noc4c3CCC[C@@]43CCCc4sc(N)c(C#N)c43)nc21. The minimum absolute atomic E-state index is 0.226. The molecule has 0 amide bonds. The lowest BCUT2D eigenvalue weighted by atomic mass is 9.63. The molecule has 2 N–H and O–H groups in total. The lowest BCUT2D eigenvalue weighted by Gasteiger charge is -2.39. The van der Waals surface area contributed by atoms with Crippen molar-refractivity contribution >= 4 is 39.0 Å². The molecule has 5 heterocycles. The van der Waals surface area contributed by atoms with E-state index in [9.17, 15) is 5.26 Å². The van der Waals surface area contributed by atoms with E-state index < -0.39 is 0 Å². The second-order valence-electron chi connectivity index (χ2n) is 11.1. The number of nitrogen functional groups attached to an aromatic ring is 1. The van der Waals surface area contributed by atoms with E-state index in [2.05, 4.69) is 34.7 Å². The summed E-state index contributed by atoms with van der Waals surface area (Å²) in [6.07, 6.45) is 11.8. The van der Waals surface area contributed by atoms with E-state index in [0.717, 1.165) is 79.4 Å². The average Bonchev–Trinajstić information content (AvgIpc) is 3.68. The van der Waals surface area contributed by atoms with Crippen LogP contribution >= 0.6 is 22.9 Å². The number of hydrogen-bond acceptors (Lipinski definition) is 8. The summed E-state index contributed by atoms with van der Waals surface area (Å²) in [5.74, 6) is 1.43. The van der Waals surface area contributed by atoms with Crippen molar-refractivity contribution in [2.24, 2.45) is 0 Å². The first-order chi connectivity index (χ1) is 18.4. The summed E-state index contributed by atoms with van der Waals surface area (Å²) in [6, 6.07) is 3.05. The maximum Gasteiger partial charge on any atom is 0.184 e. The van der Waals surface area contributed by atoms with E-state index in [0.29, 0.717) is 33.1 Å². The third kappa shape index (κ3) is 3.33. The normalized spacial score (nSPS) is 24.0. The number of likely N-dealkylation sites (tertiary alicyclic amines) is 1. The molecule has 38 heavy (non-hydrogen) atoms. The molecule has 0 radical (unpaired) electrons. The fourth-order valence-electron chi connectivity index (χ4n) is 7.36. The number of halogens is 1. The number of anilines is 1. The van der Waals surface area contributed by atoms with Crippen LogP contribution in [0.3, 0.4) is 0 Å². The average molecular weight is 548 g/mol. The van der Waals surface area contributed by atoms with Crippen LogP contribution in [0.25, 0.3) is 22.6 Å². The molecule has 0 aromatic carbocycles. The van der Waals surface area contributed by atoms with Crippen LogP contribution in [0.2, 0.25) is 5.02 Å². The molecule has 4 aromatic rings. The summed E-state index contributed by atoms with van der Waals surface area (Å²) >= 11 is 8.20. The number of aromatic nitrogens is 4. The van der Waals surface area contributed by atoms with E-state index in [1.165, 1.54) is 11.3 Å². The van der Waals surface area contributed by atoms with Crippen LogP contribution in [0, 0.1) is 11.3 Å². The molecule has 3 aliphatic rings. The highest BCUT2D eigenvalue weighted by Gasteiger charge is 2.48. The Hall–Kier alpha value is -2.93. The monoisotopic (exact) mass is 547 g/mol. The minimum Gasteiger partial charge on any atom is -0.389 e. The highest BCUT2D eigenvalue weighted by molar-refractivity contribution is 7.16. The van der Waals surface area contributed by atoms with Crippen LogP contribution in [0.5, 0.6) is 0 Å². The number of hydrogen-bond donors (Lipinski definition) is 1. The highest BCUT2D eigenvalue weighted by atomic mass is 35.5. The Morgan fingerprint density at radius 2 is 2.11 bits per heavy atom. The predicted octanol–water partition coefficient (Wildman–Crippen LogP) is 5.87. The second-order valence-corrected chi connectivity index (χ2v) is 12.7. The van der Waals surface area contributed by atoms with E-state index in [-0.39, 0.29) is 11.5 Å². The lowest BCUT2D eigenvalue weighted by Crippen LogP contribution is -2.35. The molecule has 196 valence electrons. The molecule has 8 nitrogen and oxygen atoms in total. The summed E-state index contributed by atoms with van der Waals surface area (Å²) in [4.78, 5) is 13.4. The first kappa shape index (κ1) is 24.1. The van der Waals surface area contributed by atoms with Crippen molar-refractivity contribution in [2.75, 3.05) is 19.3 Å². The number of nitrogens with zero attached hydrogens (tertiary/aromatic N) is 6. The summed E-state index contributed by atoms with van der Waals surface area (Å²) in [7, 11) is 2.19. The minimum atomic E-state index is -0.360. The number of fused-ring (bicyclic) bond motifs is 5. The standard InChI is InChI=1S/C28H30ClN7OS/c1-15(20-7-5-11-35(20)2)36-14-19(29)18-13-32-26(33-27(18)36)23-16-6-3-9-28(24(16)37-34-23)10-4-8-21-22(28)17(12-30)25(31)38-21/h13-15,20H,3-11,31H2,1-2H3/t15-,20-,28-/m0/s1. The molecule has 0 unspecified atom stereocenters. The van der Waals surface area contributed by atoms with Crippen LogP contribution in [-0.4, -0.2) is 44.2 Å². The lowest BCUT2D eigenvalue weighted by molar-refractivity contribution is 0.242. The Bertz CT molecular complexity index is 1610. The Balaban J connectivity index is 1.35. The molecular weight excluding hydrogens is 518 g/mol. The van der Waals surface area contributed by atoms with Gasteiger partial charge in [0.2, 0.25) is 0 Å². The molecule has 4 aromatic heterocycles. The molecular formula is C28H30ClN7OS. The molecule has 3 atom stereocenters. The molecule has 1 saturated heterocycles. The van der Waals surface area contributed by atoms with Crippen molar-refractivity contribution in [3.05, 3.63) is 44.7 Å². The Kier molecular flexibility index (Phi) is 5.59. The molecule has 0 bridgehead atoms. The zero-order valence-electron chi connectivity index (χ0n) is 21.6. The zero-order chi connectivity index (χ0) is 26.2. The maximum absolute atomic E-state index is 9.97. The van der Waals surface area contributed by atoms with Crippen molar-refractivity contribution in [3.63, 3.8) is 0 Å². The first-order valence-electron chi connectivity index (χ1n) is 13.5. The van der Waals surface area contributed by atoms with Gasteiger partial charge in [0.1, 0.15) is 16.7 Å². The van der Waals surface area contributed by atoms with Crippen LogP contribution < -0.4 is 5.73 Å². The molecule has 1 spiro atoms. The van der Waals surface area contributed by atoms with Crippen molar-refractivity contribution in [1.29, 1.82) is 5.26 Å². The van der Waals surface area contributed by atoms with E-state index in [1.54, 1.807) is 11.3 Å². The van der Waals surface area contributed by atoms with Crippen molar-refractivity contribution < 1.29 is 4.52 Å². The fourth-order valence-corrected chi connectivity index (χ4v) is 8.76. The van der Waals surface area contributed by atoms with Gasteiger partial charge in [-0.3, -0.25) is 0 Å². The van der Waals surface area contributed by atoms with Gasteiger partial charge in [-0.2, -0.15) is 5.26 Å². The number of thiophene rings is 1. The van der Waals surface area contributed by atoms with Gasteiger partial charge < -0.3 is 19.7 Å². The summed E-state index contributed by atoms with van der Waals surface area (Å²) in [6.45, 7) is 3.35. The van der Waals surface area contributed by atoms with Gasteiger partial charge in [0, 0.05) is 34.9 Å². The number of rotatable bonds is 3. The van der Waals surface area contributed by atoms with Crippen LogP contribution in [0.1, 0.15) is 78.8 Å². The second kappa shape index (κ2) is 8.80. The van der Waals surface area contributed by atoms with Crippen molar-refractivity contribution in [3.8, 4) is 17.6 Å². The largest absolute Gasteiger partial charge is 0.389 e. The highest BCUT2D eigenvalue weighted by Crippen LogP contribution is 2.55. The number of likely N-dealkylation sites (N-methyl/N-ethyl adjacent to an activating group) is 1. The van der Waals surface area contributed by atoms with Gasteiger partial charge in [0.15, 0.2) is 17.3 Å². The maximum atomic E-state index is 9.97. The van der Waals surface area contributed by atoms with Gasteiger partial charge in [-0.05, 0) is 77.4 Å². The summed E-state index contributed by atoms with van der Waals surface area (Å²) < 4.78 is 8.37. The predicted molar refractivity (Wildman–Crippen MR) is 149 cm³/mol. The first-order valence-corrected chi connectivity index (χ1v) is 14.7. The fraction of sp³-hybridized carbons (Fsp3) is 0.500. The summed E-state index contributed by atoms with van der Waals surface area (Å²) in [5.41, 5.74) is 10.2. The Labute approximate surface area is 230 Å². The van der Waals surface area contributed by atoms with E-state index >= 15 is 0 Å². The Morgan fingerprint density at radius 3 is 2.87 bits per heavy atom. The van der Waals surface area contributed by atoms with Gasteiger partial charge in [0.05, 0.1) is 21.4 Å². The third-order valence-corrected chi connectivity index (χ3v) is 10.5. The Morgan fingerprint density at radius 1 is 1.29 bits per heavy atom. The van der Waals surface area contributed by atoms with E-state index in [4.69, 9.17) is 31.8 Å². The van der Waals surface area contributed by atoms with Crippen molar-refractivity contribution in [2.45, 2.75) is 75.8 Å². The molecule has 2 aliphatic carbocycles. The summed E-state index contributed by atoms with van der Waals surface area (Å²) in [5, 5.41) is 16.7. The van der Waals surface area contributed by atoms with Crippen molar-refractivity contribution in [1.82, 2.24) is 24.6 Å². The van der Waals surface area contributed by atoms with Gasteiger partial charge in [-0.1, -0.05) is 16.8 Å². The van der Waals surface area contributed by atoms with E-state index in [1.807, 2.05) is 12.4 Å². The third-order valence-electron chi connectivity index (χ3n) is 9.17. The van der Waals surface area contributed by atoms with Gasteiger partial charge in [0.25, 0.3) is 0 Å². The molecule has 1 aliphatic heterocycles. The molecule has 10 heteroatoms. The van der Waals surface area contributed by atoms with Crippen LogP contribution in [-0.2, 0) is 18.3 Å². The molecule has 0 saturated carbocycles. The zero-order valence-corrected chi connectivity index (χ0v) is 23.2. The molecule has 7 rings (SSSR count). The van der Waals surface area contributed by atoms with Gasteiger partial charge in [-0.25, -0.2) is 9.97 Å². The van der Waals surface area contributed by atoms with Crippen LogP contribution in [0.15, 0.2) is 16.9 Å². The molecule has 1 fully saturated rings. The quantitative estimate of drug-likeness (QED) is 0.341. The van der Waals surface area contributed by atoms with Gasteiger partial charge in [-0.15, -0.1) is 11.3 Å². The van der Waals surface area contributed by atoms with Crippen LogP contribution in [0.4, 0.5) is 5.00 Å². The smallest absolute Gasteiger partial charge is 0.184 e. The number of aryl methyl sites for hydroxylation is 1. The topological polar surface area (TPSA) is 110 Å². The number of nitrogens with two attached hydrogens (primary N) is 1. The number of nitriles is 1. The van der Waals surface area contributed by atoms with Gasteiger partial charge >= 0.3 is 0 Å².